The standard InChI is InChI=1S/C25H22Cl2N4O3S/c1-3-34-20-11-7-18(8-12-20)31-24(16-4-9-19(33-2)10-5-16)29-30-25(31)35-15-23(32)28-17-6-13-21(26)22(27)14-17/h4-14H,3,15H2,1-2H3,(H,28,32). The van der Waals surface area contributed by atoms with Crippen LogP contribution in [-0.4, -0.2) is 40.1 Å². The molecule has 0 bridgehead atoms. The monoisotopic (exact) mass is 528 g/mol. The van der Waals surface area contributed by atoms with Crippen LogP contribution in [0.1, 0.15) is 6.92 Å². The van der Waals surface area contributed by atoms with Crippen molar-refractivity contribution in [1.82, 2.24) is 14.8 Å². The fourth-order valence-electron chi connectivity index (χ4n) is 3.28. The number of rotatable bonds is 9. The summed E-state index contributed by atoms with van der Waals surface area (Å²) in [6.45, 7) is 2.52. The van der Waals surface area contributed by atoms with Gasteiger partial charge in [0.15, 0.2) is 11.0 Å². The summed E-state index contributed by atoms with van der Waals surface area (Å²) >= 11 is 13.3. The summed E-state index contributed by atoms with van der Waals surface area (Å²) in [4.78, 5) is 12.6. The average Bonchev–Trinajstić information content (AvgIpc) is 3.30. The molecule has 7 nitrogen and oxygen atoms in total. The van der Waals surface area contributed by atoms with Crippen LogP contribution in [-0.2, 0) is 4.79 Å². The number of aromatic nitrogens is 3. The molecular formula is C25H22Cl2N4O3S. The summed E-state index contributed by atoms with van der Waals surface area (Å²) in [6, 6.07) is 20.1. The van der Waals surface area contributed by atoms with Gasteiger partial charge in [-0.15, -0.1) is 10.2 Å². The molecule has 0 spiro atoms. The second kappa shape index (κ2) is 11.5. The van der Waals surface area contributed by atoms with Gasteiger partial charge in [-0.1, -0.05) is 35.0 Å². The minimum absolute atomic E-state index is 0.123. The largest absolute Gasteiger partial charge is 0.497 e. The number of nitrogens with zero attached hydrogens (tertiary/aromatic N) is 3. The Bertz CT molecular complexity index is 1310. The van der Waals surface area contributed by atoms with Gasteiger partial charge in [-0.05, 0) is 73.7 Å². The van der Waals surface area contributed by atoms with Crippen molar-refractivity contribution in [3.05, 3.63) is 76.8 Å². The molecule has 0 fully saturated rings. The quantitative estimate of drug-likeness (QED) is 0.254. The SMILES string of the molecule is CCOc1ccc(-n2c(SCC(=O)Nc3ccc(Cl)c(Cl)c3)nnc2-c2ccc(OC)cc2)cc1. The molecule has 10 heteroatoms. The van der Waals surface area contributed by atoms with Crippen LogP contribution in [0, 0.1) is 0 Å². The predicted molar refractivity (Wildman–Crippen MR) is 140 cm³/mol. The molecule has 0 aliphatic carbocycles. The lowest BCUT2D eigenvalue weighted by Crippen LogP contribution is -2.14. The van der Waals surface area contributed by atoms with Crippen molar-refractivity contribution >= 4 is 46.6 Å². The summed E-state index contributed by atoms with van der Waals surface area (Å²) < 4.78 is 12.7. The molecule has 0 saturated heterocycles. The van der Waals surface area contributed by atoms with Crippen LogP contribution < -0.4 is 14.8 Å². The molecule has 4 aromatic rings. The van der Waals surface area contributed by atoms with Gasteiger partial charge in [0, 0.05) is 16.9 Å². The van der Waals surface area contributed by atoms with E-state index in [1.807, 2.05) is 60.0 Å². The summed E-state index contributed by atoms with van der Waals surface area (Å²) in [5.41, 5.74) is 2.27. The highest BCUT2D eigenvalue weighted by molar-refractivity contribution is 7.99. The Hall–Kier alpha value is -3.20. The minimum atomic E-state index is -0.208. The van der Waals surface area contributed by atoms with Crippen molar-refractivity contribution in [3.8, 4) is 28.6 Å². The molecule has 0 unspecified atom stereocenters. The Morgan fingerprint density at radius 2 is 1.69 bits per heavy atom. The summed E-state index contributed by atoms with van der Waals surface area (Å²) in [5, 5.41) is 13.0. The maximum Gasteiger partial charge on any atom is 0.234 e. The van der Waals surface area contributed by atoms with Crippen LogP contribution in [0.4, 0.5) is 5.69 Å². The van der Waals surface area contributed by atoms with E-state index in [1.165, 1.54) is 11.8 Å². The van der Waals surface area contributed by atoms with Gasteiger partial charge in [0.05, 0.1) is 29.5 Å². The van der Waals surface area contributed by atoms with Gasteiger partial charge in [0.2, 0.25) is 5.91 Å². The Balaban J connectivity index is 1.59. The fourth-order valence-corrected chi connectivity index (χ4v) is 4.33. The van der Waals surface area contributed by atoms with Gasteiger partial charge in [-0.2, -0.15) is 0 Å². The van der Waals surface area contributed by atoms with Crippen LogP contribution in [0.15, 0.2) is 71.9 Å². The maximum atomic E-state index is 12.6. The lowest BCUT2D eigenvalue weighted by atomic mass is 10.2. The van der Waals surface area contributed by atoms with Gasteiger partial charge < -0.3 is 14.8 Å². The van der Waals surface area contributed by atoms with Crippen LogP contribution in [0.2, 0.25) is 10.0 Å². The first-order chi connectivity index (χ1) is 17.0. The number of thioether (sulfide) groups is 1. The van der Waals surface area contributed by atoms with Crippen molar-refractivity contribution < 1.29 is 14.3 Å². The smallest absolute Gasteiger partial charge is 0.234 e. The van der Waals surface area contributed by atoms with E-state index in [9.17, 15) is 4.79 Å². The fraction of sp³-hybridized carbons (Fsp3) is 0.160. The molecule has 0 radical (unpaired) electrons. The van der Waals surface area contributed by atoms with E-state index >= 15 is 0 Å². The van der Waals surface area contributed by atoms with Crippen LogP contribution >= 0.6 is 35.0 Å². The minimum Gasteiger partial charge on any atom is -0.497 e. The molecule has 35 heavy (non-hydrogen) atoms. The maximum absolute atomic E-state index is 12.6. The third-order valence-electron chi connectivity index (χ3n) is 4.92. The summed E-state index contributed by atoms with van der Waals surface area (Å²) in [5.74, 6) is 2.07. The molecular weight excluding hydrogens is 507 g/mol. The number of amides is 1. The van der Waals surface area contributed by atoms with Crippen LogP contribution in [0.3, 0.4) is 0 Å². The van der Waals surface area contributed by atoms with E-state index in [4.69, 9.17) is 32.7 Å². The molecule has 1 heterocycles. The number of anilines is 1. The average molecular weight is 529 g/mol. The Morgan fingerprint density at radius 1 is 0.971 bits per heavy atom. The molecule has 1 amide bonds. The third-order valence-corrected chi connectivity index (χ3v) is 6.59. The second-order valence-electron chi connectivity index (χ2n) is 7.26. The van der Waals surface area contributed by atoms with Crippen molar-refractivity contribution in [2.75, 3.05) is 24.8 Å². The number of carbonyl (C=O) groups is 1. The zero-order valence-corrected chi connectivity index (χ0v) is 21.3. The van der Waals surface area contributed by atoms with E-state index in [-0.39, 0.29) is 11.7 Å². The third kappa shape index (κ3) is 6.08. The summed E-state index contributed by atoms with van der Waals surface area (Å²) in [6.07, 6.45) is 0. The zero-order chi connectivity index (χ0) is 24.8. The van der Waals surface area contributed by atoms with E-state index in [0.717, 1.165) is 22.7 Å². The lowest BCUT2D eigenvalue weighted by molar-refractivity contribution is -0.113. The number of carbonyl (C=O) groups excluding carboxylic acids is 1. The molecule has 180 valence electrons. The molecule has 1 N–H and O–H groups in total. The van der Waals surface area contributed by atoms with Gasteiger partial charge in [-0.3, -0.25) is 9.36 Å². The molecule has 0 aliphatic rings. The van der Waals surface area contributed by atoms with Crippen LogP contribution in [0.5, 0.6) is 11.5 Å². The highest BCUT2D eigenvalue weighted by Crippen LogP contribution is 2.30. The highest BCUT2D eigenvalue weighted by atomic mass is 35.5. The van der Waals surface area contributed by atoms with E-state index in [2.05, 4.69) is 15.5 Å². The first-order valence-electron chi connectivity index (χ1n) is 10.7. The van der Waals surface area contributed by atoms with Gasteiger partial charge >= 0.3 is 0 Å². The Labute approximate surface area is 217 Å². The number of benzene rings is 3. The first kappa shape index (κ1) is 24.9. The number of methoxy groups -OCH3 is 1. The van der Waals surface area contributed by atoms with Crippen molar-refractivity contribution in [2.24, 2.45) is 0 Å². The Kier molecular flexibility index (Phi) is 8.17. The number of hydrogen-bond acceptors (Lipinski definition) is 6. The topological polar surface area (TPSA) is 78.3 Å². The number of ether oxygens (including phenoxy) is 2. The van der Waals surface area contributed by atoms with Gasteiger partial charge in [0.25, 0.3) is 0 Å². The van der Waals surface area contributed by atoms with Crippen LogP contribution in [0.25, 0.3) is 17.1 Å². The van der Waals surface area contributed by atoms with Gasteiger partial charge in [0.1, 0.15) is 11.5 Å². The molecule has 0 aliphatic heterocycles. The Morgan fingerprint density at radius 3 is 2.34 bits per heavy atom. The molecule has 1 aromatic heterocycles. The summed E-state index contributed by atoms with van der Waals surface area (Å²) in [7, 11) is 1.62. The van der Waals surface area contributed by atoms with E-state index in [1.54, 1.807) is 25.3 Å². The second-order valence-corrected chi connectivity index (χ2v) is 9.02. The zero-order valence-electron chi connectivity index (χ0n) is 19.0. The molecule has 4 rings (SSSR count). The van der Waals surface area contributed by atoms with Crippen molar-refractivity contribution in [2.45, 2.75) is 12.1 Å². The van der Waals surface area contributed by atoms with Crippen molar-refractivity contribution in [3.63, 3.8) is 0 Å². The normalized spacial score (nSPS) is 10.7. The number of nitrogens with one attached hydrogen (secondary N) is 1. The molecule has 0 saturated carbocycles. The lowest BCUT2D eigenvalue weighted by Gasteiger charge is -2.12. The first-order valence-corrected chi connectivity index (χ1v) is 12.4. The molecule has 0 atom stereocenters. The highest BCUT2D eigenvalue weighted by Gasteiger charge is 2.18. The predicted octanol–water partition coefficient (Wildman–Crippen LogP) is 6.38. The number of halogens is 2. The van der Waals surface area contributed by atoms with Gasteiger partial charge in [-0.25, -0.2) is 0 Å². The van der Waals surface area contributed by atoms with Crippen molar-refractivity contribution in [1.29, 1.82) is 0 Å². The molecule has 3 aromatic carbocycles. The van der Waals surface area contributed by atoms with E-state index in [0.29, 0.717) is 33.3 Å². The number of hydrogen-bond donors (Lipinski definition) is 1. The van der Waals surface area contributed by atoms with E-state index < -0.39 is 0 Å².